The molecule has 0 aromatic carbocycles. The number of fused-ring (bicyclic) bond motifs is 9. The van der Waals surface area contributed by atoms with Gasteiger partial charge in [0.15, 0.2) is 0 Å². The summed E-state index contributed by atoms with van der Waals surface area (Å²) < 4.78 is 5.01. The first-order chi connectivity index (χ1) is 13.3. The van der Waals surface area contributed by atoms with Crippen molar-refractivity contribution < 1.29 is 29.0 Å². The highest BCUT2D eigenvalue weighted by Gasteiger charge is 2.70. The number of carbonyl (C=O) groups is 4. The molecule has 11 heteroatoms. The van der Waals surface area contributed by atoms with Gasteiger partial charge in [0, 0.05) is 5.25 Å². The second kappa shape index (κ2) is 5.93. The molecule has 4 aliphatic rings. The normalized spacial score (nSPS) is 37.6. The lowest BCUT2D eigenvalue weighted by atomic mass is 9.69. The van der Waals surface area contributed by atoms with E-state index in [1.54, 1.807) is 0 Å². The number of amides is 2. The third-order valence-corrected chi connectivity index (χ3v) is 9.15. The third-order valence-electron chi connectivity index (χ3n) is 6.56. The number of aromatic nitrogens is 1. The molecule has 0 radical (unpaired) electrons. The second-order valence-corrected chi connectivity index (χ2v) is 9.84. The molecule has 9 nitrogen and oxygen atoms in total. The zero-order valence-electron chi connectivity index (χ0n) is 14.6. The van der Waals surface area contributed by atoms with E-state index in [4.69, 9.17) is 9.84 Å². The van der Waals surface area contributed by atoms with Crippen LogP contribution in [0.1, 0.15) is 17.2 Å². The number of imide groups is 1. The number of hydrogen-bond acceptors (Lipinski definition) is 8. The number of aliphatic carboxylic acids is 1. The Balaban J connectivity index is 1.57. The zero-order chi connectivity index (χ0) is 19.9. The Morgan fingerprint density at radius 2 is 1.89 bits per heavy atom. The highest BCUT2D eigenvalue weighted by Crippen LogP contribution is 2.67. The van der Waals surface area contributed by atoms with Gasteiger partial charge in [-0.2, -0.15) is 0 Å². The summed E-state index contributed by atoms with van der Waals surface area (Å²) in [5.41, 5.74) is 0. The number of carboxylic acid groups (broad SMARTS) is 1. The van der Waals surface area contributed by atoms with Crippen molar-refractivity contribution >= 4 is 46.9 Å². The van der Waals surface area contributed by atoms with Gasteiger partial charge in [0.1, 0.15) is 6.54 Å². The number of methoxy groups -OCH3 is 1. The van der Waals surface area contributed by atoms with E-state index in [-0.39, 0.29) is 27.9 Å². The number of carbonyl (C=O) groups excluding carboxylic acids is 3. The van der Waals surface area contributed by atoms with E-state index in [9.17, 15) is 24.0 Å². The Bertz CT molecular complexity index is 984. The number of thioether (sulfide) groups is 1. The van der Waals surface area contributed by atoms with Crippen molar-refractivity contribution in [3.63, 3.8) is 0 Å². The van der Waals surface area contributed by atoms with Gasteiger partial charge in [-0.3, -0.25) is 28.9 Å². The summed E-state index contributed by atoms with van der Waals surface area (Å²) in [6, 6.07) is 0. The van der Waals surface area contributed by atoms with Crippen LogP contribution in [0.2, 0.25) is 0 Å². The highest BCUT2D eigenvalue weighted by atomic mass is 32.2. The van der Waals surface area contributed by atoms with E-state index < -0.39 is 48.1 Å². The van der Waals surface area contributed by atoms with Gasteiger partial charge >= 0.3 is 16.8 Å². The van der Waals surface area contributed by atoms with Crippen molar-refractivity contribution in [3.8, 4) is 0 Å². The molecule has 0 unspecified atom stereocenters. The topological polar surface area (TPSA) is 134 Å². The van der Waals surface area contributed by atoms with Crippen molar-refractivity contribution in [2.24, 2.45) is 29.6 Å². The molecule has 2 amide bonds. The number of esters is 1. The molecule has 28 heavy (non-hydrogen) atoms. The summed E-state index contributed by atoms with van der Waals surface area (Å²) in [5.74, 6) is -4.91. The van der Waals surface area contributed by atoms with Gasteiger partial charge in [0.25, 0.3) is 0 Å². The van der Waals surface area contributed by atoms with Crippen molar-refractivity contribution in [2.75, 3.05) is 13.7 Å². The summed E-state index contributed by atoms with van der Waals surface area (Å²) in [5, 5.41) is 9.58. The molecule has 0 spiro atoms. The quantitative estimate of drug-likeness (QED) is 0.516. The molecule has 2 bridgehead atoms. The molecule has 5 rings (SSSR count). The lowest BCUT2D eigenvalue weighted by Gasteiger charge is -2.41. The van der Waals surface area contributed by atoms with E-state index in [1.807, 2.05) is 0 Å². The van der Waals surface area contributed by atoms with Crippen LogP contribution in [0.15, 0.2) is 9.82 Å². The predicted octanol–water partition coefficient (Wildman–Crippen LogP) is 0.119. The van der Waals surface area contributed by atoms with E-state index in [1.165, 1.54) is 18.9 Å². The van der Waals surface area contributed by atoms with Crippen LogP contribution in [0.3, 0.4) is 0 Å². The number of hydrogen-bond donors (Lipinski definition) is 2. The monoisotopic (exact) mass is 424 g/mol. The molecule has 2 saturated carbocycles. The van der Waals surface area contributed by atoms with Crippen LogP contribution in [0, 0.1) is 29.6 Å². The maximum absolute atomic E-state index is 12.9. The van der Waals surface area contributed by atoms with Crippen molar-refractivity contribution in [3.05, 3.63) is 14.5 Å². The predicted molar refractivity (Wildman–Crippen MR) is 95.8 cm³/mol. The van der Waals surface area contributed by atoms with Gasteiger partial charge in [-0.05, 0) is 24.2 Å². The van der Waals surface area contributed by atoms with Crippen LogP contribution < -0.4 is 4.87 Å². The van der Waals surface area contributed by atoms with E-state index in [2.05, 4.69) is 4.98 Å². The number of carboxylic acids is 1. The number of ether oxygens (including phenoxy) is 1. The molecule has 2 aliphatic carbocycles. The van der Waals surface area contributed by atoms with Crippen LogP contribution in [0.4, 0.5) is 0 Å². The van der Waals surface area contributed by atoms with E-state index in [0.717, 1.165) is 16.2 Å². The summed E-state index contributed by atoms with van der Waals surface area (Å²) in [7, 11) is 1.29. The maximum Gasteiger partial charge on any atom is 0.323 e. The maximum atomic E-state index is 12.9. The molecule has 7 atom stereocenters. The molecule has 3 fully saturated rings. The fourth-order valence-corrected chi connectivity index (χ4v) is 8.61. The number of aromatic amines is 1. The molecule has 2 N–H and O–H groups in total. The largest absolute Gasteiger partial charge is 0.480 e. The summed E-state index contributed by atoms with van der Waals surface area (Å²) in [6.45, 7) is -0.631. The third kappa shape index (κ3) is 2.17. The van der Waals surface area contributed by atoms with Gasteiger partial charge in [0.2, 0.25) is 11.8 Å². The number of nitrogens with one attached hydrogen (secondary N) is 1. The van der Waals surface area contributed by atoms with Crippen LogP contribution >= 0.6 is 23.1 Å². The van der Waals surface area contributed by atoms with E-state index >= 15 is 0 Å². The highest BCUT2D eigenvalue weighted by molar-refractivity contribution is 8.00. The molecular weight excluding hydrogens is 408 g/mol. The Hall–Kier alpha value is -2.14. The minimum Gasteiger partial charge on any atom is -0.480 e. The SMILES string of the molecule is COC(=O)[C@@H]1c2sc(=O)[nH]c2S[C@H]2[C@@H]3C[C@H]([C@H]4C(=O)N(CC(=O)O)C(=O)[C@H]34)[C@@H]21. The minimum atomic E-state index is -1.23. The van der Waals surface area contributed by atoms with Gasteiger partial charge in [0.05, 0.1) is 34.8 Å². The van der Waals surface area contributed by atoms with Gasteiger partial charge in [-0.15, -0.1) is 11.8 Å². The Labute approximate surface area is 166 Å². The minimum absolute atomic E-state index is 0.102. The molecule has 1 aromatic rings. The molecule has 148 valence electrons. The summed E-state index contributed by atoms with van der Waals surface area (Å²) in [4.78, 5) is 65.2. The molecule has 1 saturated heterocycles. The lowest BCUT2D eigenvalue weighted by molar-refractivity contribution is -0.150. The number of rotatable bonds is 3. The Morgan fingerprint density at radius 1 is 1.21 bits per heavy atom. The molecule has 3 heterocycles. The average molecular weight is 424 g/mol. The van der Waals surface area contributed by atoms with Crippen LogP contribution in [-0.2, 0) is 23.9 Å². The second-order valence-electron chi connectivity index (χ2n) is 7.64. The number of thiazole rings is 1. The Morgan fingerprint density at radius 3 is 2.54 bits per heavy atom. The zero-order valence-corrected chi connectivity index (χ0v) is 16.2. The van der Waals surface area contributed by atoms with Crippen LogP contribution in [-0.4, -0.2) is 57.6 Å². The Kier molecular flexibility index (Phi) is 3.80. The number of nitrogens with zero attached hydrogens (tertiary/aromatic N) is 1. The number of H-pyrrole nitrogens is 1. The summed E-state index contributed by atoms with van der Waals surface area (Å²) >= 11 is 2.44. The van der Waals surface area contributed by atoms with Crippen molar-refractivity contribution in [1.29, 1.82) is 0 Å². The van der Waals surface area contributed by atoms with Crippen molar-refractivity contribution in [2.45, 2.75) is 22.6 Å². The molecular formula is C17H16N2O7S2. The van der Waals surface area contributed by atoms with Gasteiger partial charge in [-0.25, -0.2) is 0 Å². The first kappa shape index (κ1) is 17.9. The molecule has 1 aromatic heterocycles. The van der Waals surface area contributed by atoms with Gasteiger partial charge in [-0.1, -0.05) is 11.3 Å². The lowest BCUT2D eigenvalue weighted by Crippen LogP contribution is -2.44. The average Bonchev–Trinajstić information content (AvgIpc) is 3.36. The fraction of sp³-hybridized carbons (Fsp3) is 0.588. The fourth-order valence-electron chi connectivity index (χ4n) is 5.76. The smallest absolute Gasteiger partial charge is 0.323 e. The molecule has 2 aliphatic heterocycles. The van der Waals surface area contributed by atoms with Gasteiger partial charge < -0.3 is 14.8 Å². The number of likely N-dealkylation sites (tertiary alicyclic amines) is 1. The standard InChI is InChI=1S/C17H16N2O7S2/c1-26-16(24)10-7-4-2-5(11(7)27-13-12(10)28-17(25)18-13)9-8(4)14(22)19(15(9)23)3-6(20)21/h4-5,7-11H,2-3H2,1H3,(H,18,25)(H,20,21)/t4-,5+,7+,8+,9+,10-,11-/m0/s1. The summed E-state index contributed by atoms with van der Waals surface area (Å²) in [6.07, 6.45) is 0.642. The van der Waals surface area contributed by atoms with Crippen molar-refractivity contribution in [1.82, 2.24) is 9.88 Å². The first-order valence-electron chi connectivity index (χ1n) is 8.88. The van der Waals surface area contributed by atoms with Crippen LogP contribution in [0.5, 0.6) is 0 Å². The first-order valence-corrected chi connectivity index (χ1v) is 10.6. The van der Waals surface area contributed by atoms with Crippen LogP contribution in [0.25, 0.3) is 0 Å². The van der Waals surface area contributed by atoms with E-state index in [0.29, 0.717) is 16.3 Å².